The number of amides is 1. The maximum atomic E-state index is 12.7. The summed E-state index contributed by atoms with van der Waals surface area (Å²) in [5, 5.41) is 7.12. The van der Waals surface area contributed by atoms with Crippen LogP contribution >= 0.6 is 0 Å². The van der Waals surface area contributed by atoms with Crippen LogP contribution in [0.25, 0.3) is 0 Å². The highest BCUT2D eigenvalue weighted by Crippen LogP contribution is 2.42. The maximum Gasteiger partial charge on any atom is 0.490 e. The molecule has 0 aromatic carbocycles. The van der Waals surface area contributed by atoms with E-state index in [4.69, 9.17) is 23.8 Å². The van der Waals surface area contributed by atoms with Crippen molar-refractivity contribution >= 4 is 11.9 Å². The molecule has 2 atom stereocenters. The van der Waals surface area contributed by atoms with Gasteiger partial charge in [0, 0.05) is 31.3 Å². The van der Waals surface area contributed by atoms with E-state index in [-0.39, 0.29) is 17.2 Å². The highest BCUT2D eigenvalue weighted by Gasteiger charge is 2.53. The van der Waals surface area contributed by atoms with Crippen molar-refractivity contribution in [3.8, 4) is 5.88 Å². The van der Waals surface area contributed by atoms with Gasteiger partial charge in [0.1, 0.15) is 0 Å². The van der Waals surface area contributed by atoms with E-state index >= 15 is 0 Å². The number of alkyl halides is 3. The molecule has 4 heterocycles. The molecule has 168 valence electrons. The van der Waals surface area contributed by atoms with Crippen LogP contribution in [0.2, 0.25) is 0 Å². The van der Waals surface area contributed by atoms with Crippen molar-refractivity contribution < 1.29 is 41.8 Å². The lowest BCUT2D eigenvalue weighted by atomic mass is 9.82. The number of hydrogen-bond acceptors (Lipinski definition) is 7. The van der Waals surface area contributed by atoms with Crippen LogP contribution in [0.1, 0.15) is 16.2 Å². The second-order valence-electron chi connectivity index (χ2n) is 7.29. The molecule has 2 fully saturated rings. The van der Waals surface area contributed by atoms with Gasteiger partial charge in [-0.25, -0.2) is 14.8 Å². The van der Waals surface area contributed by atoms with Crippen molar-refractivity contribution in [3.05, 3.63) is 42.2 Å². The molecule has 1 amide bonds. The number of carboxylic acid groups (broad SMARTS) is 1. The van der Waals surface area contributed by atoms with Crippen LogP contribution in [0.5, 0.6) is 5.88 Å². The third-order valence-corrected chi connectivity index (χ3v) is 5.14. The zero-order valence-electron chi connectivity index (χ0n) is 16.5. The van der Waals surface area contributed by atoms with Crippen molar-refractivity contribution in [2.24, 2.45) is 11.3 Å². The lowest BCUT2D eigenvalue weighted by Crippen LogP contribution is -2.38. The molecule has 0 bridgehead atoms. The van der Waals surface area contributed by atoms with Gasteiger partial charge < -0.3 is 23.9 Å². The SMILES string of the molecule is Cc1ncoc1C(=O)N1C[C@@H]2COC[C@]2(COc2ccccn2)C1.O=C(O)C(F)(F)F. The highest BCUT2D eigenvalue weighted by atomic mass is 19.4. The molecule has 0 saturated carbocycles. The van der Waals surface area contributed by atoms with Crippen molar-refractivity contribution in [1.82, 2.24) is 14.9 Å². The van der Waals surface area contributed by atoms with E-state index < -0.39 is 12.1 Å². The van der Waals surface area contributed by atoms with E-state index in [1.54, 1.807) is 13.1 Å². The fourth-order valence-electron chi connectivity index (χ4n) is 3.49. The van der Waals surface area contributed by atoms with Crippen LogP contribution in [-0.4, -0.2) is 70.9 Å². The van der Waals surface area contributed by atoms with E-state index in [0.717, 1.165) is 0 Å². The maximum absolute atomic E-state index is 12.7. The summed E-state index contributed by atoms with van der Waals surface area (Å²) in [6.45, 7) is 4.72. The van der Waals surface area contributed by atoms with E-state index in [1.165, 1.54) is 6.39 Å². The number of aromatic nitrogens is 2. The molecule has 0 spiro atoms. The summed E-state index contributed by atoms with van der Waals surface area (Å²) in [4.78, 5) is 31.6. The number of halogens is 3. The number of fused-ring (bicyclic) bond motifs is 1. The molecule has 0 aliphatic carbocycles. The first-order valence-corrected chi connectivity index (χ1v) is 9.23. The van der Waals surface area contributed by atoms with Crippen molar-refractivity contribution in [2.75, 3.05) is 32.9 Å². The number of aryl methyl sites for hydroxylation is 1. The van der Waals surface area contributed by atoms with Crippen molar-refractivity contribution in [1.29, 1.82) is 0 Å². The molecule has 1 N–H and O–H groups in total. The molecule has 2 saturated heterocycles. The lowest BCUT2D eigenvalue weighted by molar-refractivity contribution is -0.192. The van der Waals surface area contributed by atoms with Gasteiger partial charge in [-0.15, -0.1) is 0 Å². The zero-order chi connectivity index (χ0) is 22.6. The summed E-state index contributed by atoms with van der Waals surface area (Å²) < 4.78 is 48.5. The molecule has 31 heavy (non-hydrogen) atoms. The number of carbonyl (C=O) groups is 2. The fourth-order valence-corrected chi connectivity index (χ4v) is 3.49. The number of nitrogens with zero attached hydrogens (tertiary/aromatic N) is 3. The van der Waals surface area contributed by atoms with Crippen LogP contribution < -0.4 is 4.74 Å². The van der Waals surface area contributed by atoms with Gasteiger partial charge in [0.2, 0.25) is 11.6 Å². The molecule has 4 rings (SSSR count). The van der Waals surface area contributed by atoms with Crippen molar-refractivity contribution in [2.45, 2.75) is 13.1 Å². The first-order valence-electron chi connectivity index (χ1n) is 9.23. The third-order valence-electron chi connectivity index (χ3n) is 5.14. The number of carbonyl (C=O) groups excluding carboxylic acids is 1. The molecule has 0 radical (unpaired) electrons. The summed E-state index contributed by atoms with van der Waals surface area (Å²) in [7, 11) is 0. The monoisotopic (exact) mass is 443 g/mol. The third kappa shape index (κ3) is 5.13. The van der Waals surface area contributed by atoms with Crippen molar-refractivity contribution in [3.63, 3.8) is 0 Å². The minimum atomic E-state index is -5.08. The molecule has 2 aromatic heterocycles. The zero-order valence-corrected chi connectivity index (χ0v) is 16.5. The number of hydrogen-bond donors (Lipinski definition) is 1. The summed E-state index contributed by atoms with van der Waals surface area (Å²) in [6.07, 6.45) is -2.07. The first kappa shape index (κ1) is 22.5. The molecule has 2 aliphatic rings. The lowest BCUT2D eigenvalue weighted by Gasteiger charge is -2.26. The second-order valence-corrected chi connectivity index (χ2v) is 7.29. The standard InChI is InChI=1S/C17H19N3O4.C2HF3O2/c1-12-15(24-11-19-12)16(21)20-6-13-7-22-9-17(13,8-20)10-23-14-4-2-3-5-18-14;3-2(4,5)1(6)7/h2-5,11,13H,6-10H2,1H3;(H,6,7)/t13-,17+;/m1./s1. The van der Waals surface area contributed by atoms with E-state index in [1.807, 2.05) is 23.1 Å². The topological polar surface area (TPSA) is 115 Å². The van der Waals surface area contributed by atoms with Crippen LogP contribution in [0.4, 0.5) is 13.2 Å². The molecule has 2 aromatic rings. The predicted octanol–water partition coefficient (Wildman–Crippen LogP) is 2.18. The number of aliphatic carboxylic acids is 1. The number of pyridine rings is 1. The second kappa shape index (κ2) is 8.92. The summed E-state index contributed by atoms with van der Waals surface area (Å²) in [5.74, 6) is -1.71. The Morgan fingerprint density at radius 2 is 2.10 bits per heavy atom. The Morgan fingerprint density at radius 1 is 1.35 bits per heavy atom. The predicted molar refractivity (Wildman–Crippen MR) is 97.3 cm³/mol. The van der Waals surface area contributed by atoms with Crippen LogP contribution in [-0.2, 0) is 9.53 Å². The Kier molecular flexibility index (Phi) is 6.48. The molecule has 2 aliphatic heterocycles. The average molecular weight is 443 g/mol. The van der Waals surface area contributed by atoms with Gasteiger partial charge in [0.15, 0.2) is 6.39 Å². The Morgan fingerprint density at radius 3 is 2.68 bits per heavy atom. The Hall–Kier alpha value is -3.15. The molecular weight excluding hydrogens is 423 g/mol. The fraction of sp³-hybridized carbons (Fsp3) is 0.474. The van der Waals surface area contributed by atoms with Gasteiger partial charge in [0.25, 0.3) is 5.91 Å². The quantitative estimate of drug-likeness (QED) is 0.765. The number of rotatable bonds is 4. The number of ether oxygens (including phenoxy) is 2. The highest BCUT2D eigenvalue weighted by molar-refractivity contribution is 5.92. The number of oxazole rings is 1. The normalized spacial score (nSPS) is 22.5. The van der Waals surface area contributed by atoms with Gasteiger partial charge in [-0.3, -0.25) is 4.79 Å². The molecule has 12 heteroatoms. The number of carboxylic acids is 1. The van der Waals surface area contributed by atoms with Gasteiger partial charge in [-0.2, -0.15) is 13.2 Å². The summed E-state index contributed by atoms with van der Waals surface area (Å²) in [5.41, 5.74) is 0.424. The van der Waals surface area contributed by atoms with E-state index in [0.29, 0.717) is 50.2 Å². The summed E-state index contributed by atoms with van der Waals surface area (Å²) in [6, 6.07) is 5.57. The smallest absolute Gasteiger partial charge is 0.477 e. The van der Waals surface area contributed by atoms with Crippen LogP contribution in [0, 0.1) is 18.3 Å². The minimum Gasteiger partial charge on any atom is -0.477 e. The first-order chi connectivity index (χ1) is 14.6. The Labute approximate surface area is 174 Å². The van der Waals surface area contributed by atoms with Gasteiger partial charge in [-0.1, -0.05) is 6.07 Å². The van der Waals surface area contributed by atoms with Gasteiger partial charge in [0.05, 0.1) is 30.9 Å². The van der Waals surface area contributed by atoms with E-state index in [2.05, 4.69) is 9.97 Å². The van der Waals surface area contributed by atoms with E-state index in [9.17, 15) is 18.0 Å². The number of likely N-dealkylation sites (tertiary alicyclic amines) is 1. The Balaban J connectivity index is 0.000000339. The van der Waals surface area contributed by atoms with Gasteiger partial charge >= 0.3 is 12.1 Å². The average Bonchev–Trinajstić information content (AvgIpc) is 3.40. The Bertz CT molecular complexity index is 920. The largest absolute Gasteiger partial charge is 0.490 e. The molecule has 9 nitrogen and oxygen atoms in total. The molecule has 0 unspecified atom stereocenters. The van der Waals surface area contributed by atoms with Crippen LogP contribution in [0.3, 0.4) is 0 Å². The van der Waals surface area contributed by atoms with Crippen LogP contribution in [0.15, 0.2) is 35.2 Å². The minimum absolute atomic E-state index is 0.114. The van der Waals surface area contributed by atoms with Gasteiger partial charge in [-0.05, 0) is 13.0 Å². The summed E-state index contributed by atoms with van der Waals surface area (Å²) >= 11 is 0. The molecular formula is C19H20F3N3O6.